The van der Waals surface area contributed by atoms with Crippen molar-refractivity contribution in [2.45, 2.75) is 12.5 Å². The Morgan fingerprint density at radius 3 is 2.37 bits per heavy atom. The monoisotopic (exact) mass is 376 g/mol. The summed E-state index contributed by atoms with van der Waals surface area (Å²) >= 11 is 6.25. The third-order valence-electron chi connectivity index (χ3n) is 4.86. The molecule has 1 atom stereocenters. The molecule has 5 heteroatoms. The number of halogens is 1. The van der Waals surface area contributed by atoms with Gasteiger partial charge >= 0.3 is 0 Å². The first kappa shape index (κ1) is 17.3. The first-order valence-electron chi connectivity index (χ1n) is 8.58. The van der Waals surface area contributed by atoms with Gasteiger partial charge in [0.15, 0.2) is 0 Å². The molecule has 0 saturated heterocycles. The smallest absolute Gasteiger partial charge is 0.269 e. The molecule has 0 amide bonds. The number of nitro benzene ring substituents is 1. The van der Waals surface area contributed by atoms with Gasteiger partial charge in [0.25, 0.3) is 5.69 Å². The lowest BCUT2D eigenvalue weighted by Gasteiger charge is -2.36. The Kier molecular flexibility index (Phi) is 4.21. The minimum atomic E-state index is -0.513. The van der Waals surface area contributed by atoms with Crippen molar-refractivity contribution in [1.82, 2.24) is 0 Å². The zero-order valence-electron chi connectivity index (χ0n) is 14.6. The van der Waals surface area contributed by atoms with Crippen molar-refractivity contribution in [1.29, 1.82) is 0 Å². The average Bonchev–Trinajstić information content (AvgIpc) is 2.68. The van der Waals surface area contributed by atoms with Gasteiger partial charge in [-0.1, -0.05) is 41.9 Å². The summed E-state index contributed by atoms with van der Waals surface area (Å²) in [6.45, 7) is 2.06. The van der Waals surface area contributed by atoms with Gasteiger partial charge in [-0.25, -0.2) is 0 Å². The molecule has 1 aliphatic heterocycles. The van der Waals surface area contributed by atoms with Gasteiger partial charge in [-0.15, -0.1) is 0 Å². The second kappa shape index (κ2) is 6.56. The average molecular weight is 377 g/mol. The van der Waals surface area contributed by atoms with Gasteiger partial charge < -0.3 is 5.32 Å². The molecule has 0 radical (unpaired) electrons. The van der Waals surface area contributed by atoms with Crippen LogP contribution < -0.4 is 5.32 Å². The summed E-state index contributed by atoms with van der Waals surface area (Å²) in [4.78, 5) is 10.6. The van der Waals surface area contributed by atoms with E-state index in [0.29, 0.717) is 5.02 Å². The number of hydrogen-bond donors (Lipinski definition) is 1. The summed E-state index contributed by atoms with van der Waals surface area (Å²) in [5.74, 6) is 0. The fraction of sp³-hybridized carbons (Fsp3) is 0.0909. The van der Waals surface area contributed by atoms with E-state index in [0.717, 1.165) is 28.0 Å². The molecule has 4 nitrogen and oxygen atoms in total. The number of nitro groups is 1. The normalized spacial score (nSPS) is 18.2. The van der Waals surface area contributed by atoms with E-state index in [1.165, 1.54) is 12.1 Å². The van der Waals surface area contributed by atoms with Crippen LogP contribution in [0.1, 0.15) is 23.6 Å². The maximum absolute atomic E-state index is 11.0. The maximum atomic E-state index is 11.0. The summed E-state index contributed by atoms with van der Waals surface area (Å²) in [6.07, 6.45) is 2.15. The standard InChI is InChI=1S/C22H17ClN2O2/c1-22(16-7-10-18(11-8-16)25(26)27)14-20(15-5-3-2-4-6-15)19-13-17(23)9-12-21(19)24-22/h2-14,24H,1H3. The quantitative estimate of drug-likeness (QED) is 0.449. The van der Waals surface area contributed by atoms with E-state index >= 15 is 0 Å². The number of benzene rings is 3. The van der Waals surface area contributed by atoms with Crippen molar-refractivity contribution in [2.24, 2.45) is 0 Å². The summed E-state index contributed by atoms with van der Waals surface area (Å²) < 4.78 is 0. The van der Waals surface area contributed by atoms with Crippen LogP contribution in [0.25, 0.3) is 5.57 Å². The van der Waals surface area contributed by atoms with Crippen molar-refractivity contribution in [3.8, 4) is 0 Å². The highest BCUT2D eigenvalue weighted by atomic mass is 35.5. The van der Waals surface area contributed by atoms with Crippen molar-refractivity contribution < 1.29 is 4.92 Å². The fourth-order valence-corrected chi connectivity index (χ4v) is 3.64. The molecule has 0 spiro atoms. The van der Waals surface area contributed by atoms with Crippen LogP contribution in [0.15, 0.2) is 78.9 Å². The lowest BCUT2D eigenvalue weighted by Crippen LogP contribution is -2.33. The number of hydrogen-bond acceptors (Lipinski definition) is 3. The molecule has 1 heterocycles. The Hall–Kier alpha value is -3.11. The van der Waals surface area contributed by atoms with Gasteiger partial charge in [0.05, 0.1) is 10.5 Å². The molecular formula is C22H17ClN2O2. The number of non-ortho nitro benzene ring substituents is 1. The molecule has 4 rings (SSSR count). The molecule has 1 aliphatic rings. The van der Waals surface area contributed by atoms with Crippen molar-refractivity contribution in [3.05, 3.63) is 111 Å². The maximum Gasteiger partial charge on any atom is 0.269 e. The lowest BCUT2D eigenvalue weighted by atomic mass is 9.82. The topological polar surface area (TPSA) is 55.2 Å². The van der Waals surface area contributed by atoms with Crippen LogP contribution in [-0.2, 0) is 5.54 Å². The van der Waals surface area contributed by atoms with Gasteiger partial charge in [0.2, 0.25) is 0 Å². The molecule has 27 heavy (non-hydrogen) atoms. The molecule has 0 aromatic heterocycles. The zero-order valence-corrected chi connectivity index (χ0v) is 15.4. The number of fused-ring (bicyclic) bond motifs is 1. The highest BCUT2D eigenvalue weighted by Gasteiger charge is 2.31. The second-order valence-corrected chi connectivity index (χ2v) is 7.18. The van der Waals surface area contributed by atoms with Gasteiger partial charge in [-0.3, -0.25) is 10.1 Å². The minimum Gasteiger partial charge on any atom is -0.372 e. The van der Waals surface area contributed by atoms with Crippen LogP contribution in [0, 0.1) is 10.1 Å². The highest BCUT2D eigenvalue weighted by molar-refractivity contribution is 6.31. The fourth-order valence-electron chi connectivity index (χ4n) is 3.47. The summed E-state index contributed by atoms with van der Waals surface area (Å²) in [5.41, 5.74) is 4.69. The molecule has 1 N–H and O–H groups in total. The van der Waals surface area contributed by atoms with Crippen molar-refractivity contribution in [3.63, 3.8) is 0 Å². The van der Waals surface area contributed by atoms with Crippen molar-refractivity contribution >= 4 is 28.5 Å². The van der Waals surface area contributed by atoms with Gasteiger partial charge in [-0.05, 0) is 60.0 Å². The predicted octanol–water partition coefficient (Wildman–Crippen LogP) is 6.02. The molecule has 0 fully saturated rings. The summed E-state index contributed by atoms with van der Waals surface area (Å²) in [5, 5.41) is 15.2. The Morgan fingerprint density at radius 1 is 1.00 bits per heavy atom. The highest BCUT2D eigenvalue weighted by Crippen LogP contribution is 2.42. The van der Waals surface area contributed by atoms with E-state index in [4.69, 9.17) is 11.6 Å². The van der Waals surface area contributed by atoms with E-state index in [2.05, 4.69) is 30.4 Å². The molecule has 3 aromatic carbocycles. The van der Waals surface area contributed by atoms with Crippen molar-refractivity contribution in [2.75, 3.05) is 5.32 Å². The number of rotatable bonds is 3. The van der Waals surface area contributed by atoms with Crippen LogP contribution in [0.3, 0.4) is 0 Å². The Morgan fingerprint density at radius 2 is 1.70 bits per heavy atom. The number of anilines is 1. The SMILES string of the molecule is CC1(c2ccc([N+](=O)[O-])cc2)C=C(c2ccccc2)c2cc(Cl)ccc2N1. The second-order valence-electron chi connectivity index (χ2n) is 6.75. The number of nitrogens with one attached hydrogen (secondary N) is 1. The van der Waals surface area contributed by atoms with Crippen LogP contribution >= 0.6 is 11.6 Å². The Balaban J connectivity index is 1.87. The first-order chi connectivity index (χ1) is 13.0. The summed E-state index contributed by atoms with van der Waals surface area (Å²) in [6, 6.07) is 22.6. The van der Waals surface area contributed by atoms with E-state index in [1.807, 2.05) is 36.4 Å². The van der Waals surface area contributed by atoms with Gasteiger partial charge in [0.1, 0.15) is 0 Å². The third-order valence-corrected chi connectivity index (χ3v) is 5.10. The Bertz CT molecular complexity index is 1050. The summed E-state index contributed by atoms with van der Waals surface area (Å²) in [7, 11) is 0. The van der Waals surface area contributed by atoms with Gasteiger partial charge in [0, 0.05) is 28.4 Å². The first-order valence-corrected chi connectivity index (χ1v) is 8.95. The van der Waals surface area contributed by atoms with Crippen LogP contribution in [0.2, 0.25) is 5.02 Å². The number of nitrogens with zero attached hydrogens (tertiary/aromatic N) is 1. The third kappa shape index (κ3) is 3.20. The largest absolute Gasteiger partial charge is 0.372 e. The van der Waals surface area contributed by atoms with E-state index in [1.54, 1.807) is 12.1 Å². The Labute approximate surface area is 162 Å². The molecule has 1 unspecified atom stereocenters. The molecule has 0 aliphatic carbocycles. The van der Waals surface area contributed by atoms with Crippen LogP contribution in [0.5, 0.6) is 0 Å². The van der Waals surface area contributed by atoms with Crippen LogP contribution in [-0.4, -0.2) is 4.92 Å². The predicted molar refractivity (Wildman–Crippen MR) is 109 cm³/mol. The zero-order chi connectivity index (χ0) is 19.0. The van der Waals surface area contributed by atoms with Gasteiger partial charge in [-0.2, -0.15) is 0 Å². The van der Waals surface area contributed by atoms with E-state index in [9.17, 15) is 10.1 Å². The molecule has 134 valence electrons. The molecule has 0 bridgehead atoms. The lowest BCUT2D eigenvalue weighted by molar-refractivity contribution is -0.384. The molecule has 0 saturated carbocycles. The van der Waals surface area contributed by atoms with Crippen LogP contribution in [0.4, 0.5) is 11.4 Å². The molecule has 3 aromatic rings. The van der Waals surface area contributed by atoms with E-state index in [-0.39, 0.29) is 10.6 Å². The molecular weight excluding hydrogens is 360 g/mol. The minimum absolute atomic E-state index is 0.0811. The van der Waals surface area contributed by atoms with E-state index < -0.39 is 5.54 Å².